The standard InChI is InChI=1S/C21H19N3O4/c1-12(25)23-21-16(10-22)20(13-4-7-17-19(8-13)27-11-26-17)15-6-5-14(24(2)3)9-18(15)28-21/h4-9,20H,11H2,1-3H3,(H,23,25). The molecule has 0 fully saturated rings. The van der Waals surface area contributed by atoms with E-state index in [1.165, 1.54) is 6.92 Å². The summed E-state index contributed by atoms with van der Waals surface area (Å²) in [5.74, 6) is 1.34. The summed E-state index contributed by atoms with van der Waals surface area (Å²) in [4.78, 5) is 13.6. The lowest BCUT2D eigenvalue weighted by atomic mass is 9.83. The minimum atomic E-state index is -0.402. The number of nitriles is 1. The Kier molecular flexibility index (Phi) is 4.32. The fourth-order valence-electron chi connectivity index (χ4n) is 3.39. The molecule has 1 unspecified atom stereocenters. The van der Waals surface area contributed by atoms with Crippen molar-refractivity contribution in [2.75, 3.05) is 25.8 Å². The van der Waals surface area contributed by atoms with E-state index in [0.717, 1.165) is 16.8 Å². The first-order chi connectivity index (χ1) is 13.5. The third kappa shape index (κ3) is 2.99. The number of carbonyl (C=O) groups is 1. The highest BCUT2D eigenvalue weighted by molar-refractivity contribution is 5.76. The smallest absolute Gasteiger partial charge is 0.231 e. The molecular weight excluding hydrogens is 358 g/mol. The van der Waals surface area contributed by atoms with Crippen LogP contribution in [0.15, 0.2) is 47.9 Å². The Bertz CT molecular complexity index is 1040. The zero-order chi connectivity index (χ0) is 19.8. The van der Waals surface area contributed by atoms with Gasteiger partial charge in [-0.25, -0.2) is 0 Å². The fourth-order valence-corrected chi connectivity index (χ4v) is 3.39. The van der Waals surface area contributed by atoms with Gasteiger partial charge in [0.2, 0.25) is 18.6 Å². The number of ether oxygens (including phenoxy) is 3. The van der Waals surface area contributed by atoms with Gasteiger partial charge in [-0.1, -0.05) is 12.1 Å². The maximum atomic E-state index is 11.7. The second-order valence-electron chi connectivity index (χ2n) is 6.80. The zero-order valence-electron chi connectivity index (χ0n) is 15.8. The Hall–Kier alpha value is -3.66. The number of anilines is 1. The molecule has 2 aliphatic heterocycles. The van der Waals surface area contributed by atoms with Crippen LogP contribution in [0.25, 0.3) is 0 Å². The fraction of sp³-hybridized carbons (Fsp3) is 0.238. The molecule has 1 amide bonds. The van der Waals surface area contributed by atoms with Crippen LogP contribution in [0.1, 0.15) is 24.0 Å². The molecule has 4 rings (SSSR count). The summed E-state index contributed by atoms with van der Waals surface area (Å²) in [7, 11) is 3.87. The van der Waals surface area contributed by atoms with Crippen molar-refractivity contribution in [3.05, 3.63) is 59.0 Å². The molecule has 0 bridgehead atoms. The van der Waals surface area contributed by atoms with Gasteiger partial charge in [-0.2, -0.15) is 5.26 Å². The van der Waals surface area contributed by atoms with Gasteiger partial charge in [-0.05, 0) is 23.8 Å². The molecule has 2 aliphatic rings. The van der Waals surface area contributed by atoms with Gasteiger partial charge in [0.25, 0.3) is 0 Å². The maximum absolute atomic E-state index is 11.7. The molecule has 0 saturated heterocycles. The highest BCUT2D eigenvalue weighted by Crippen LogP contribution is 2.46. The molecule has 7 nitrogen and oxygen atoms in total. The van der Waals surface area contributed by atoms with Gasteiger partial charge in [0.15, 0.2) is 11.5 Å². The predicted octanol–water partition coefficient (Wildman–Crippen LogP) is 2.88. The van der Waals surface area contributed by atoms with Crippen molar-refractivity contribution in [1.82, 2.24) is 5.32 Å². The van der Waals surface area contributed by atoms with E-state index in [1.54, 1.807) is 0 Å². The summed E-state index contributed by atoms with van der Waals surface area (Å²) in [5.41, 5.74) is 2.98. The number of amides is 1. The van der Waals surface area contributed by atoms with Crippen molar-refractivity contribution in [2.24, 2.45) is 0 Å². The third-order valence-electron chi connectivity index (χ3n) is 4.71. The van der Waals surface area contributed by atoms with Gasteiger partial charge in [0, 0.05) is 38.3 Å². The van der Waals surface area contributed by atoms with E-state index in [2.05, 4.69) is 11.4 Å². The van der Waals surface area contributed by atoms with Crippen LogP contribution in [0, 0.1) is 11.3 Å². The van der Waals surface area contributed by atoms with Crippen molar-refractivity contribution >= 4 is 11.6 Å². The molecular formula is C21H19N3O4. The normalized spacial score (nSPS) is 16.7. The molecule has 142 valence electrons. The molecule has 28 heavy (non-hydrogen) atoms. The van der Waals surface area contributed by atoms with E-state index >= 15 is 0 Å². The highest BCUT2D eigenvalue weighted by atomic mass is 16.7. The van der Waals surface area contributed by atoms with E-state index in [0.29, 0.717) is 22.8 Å². The minimum absolute atomic E-state index is 0.154. The van der Waals surface area contributed by atoms with Crippen LogP contribution in [0.2, 0.25) is 0 Å². The summed E-state index contributed by atoms with van der Waals surface area (Å²) in [5, 5.41) is 12.5. The van der Waals surface area contributed by atoms with Gasteiger partial charge in [0.1, 0.15) is 17.4 Å². The quantitative estimate of drug-likeness (QED) is 0.886. The third-order valence-corrected chi connectivity index (χ3v) is 4.71. The van der Waals surface area contributed by atoms with E-state index in [9.17, 15) is 10.1 Å². The molecule has 7 heteroatoms. The Balaban J connectivity index is 1.89. The molecule has 1 atom stereocenters. The Morgan fingerprint density at radius 1 is 1.14 bits per heavy atom. The Morgan fingerprint density at radius 2 is 1.93 bits per heavy atom. The van der Waals surface area contributed by atoms with Crippen LogP contribution in [0.3, 0.4) is 0 Å². The van der Waals surface area contributed by atoms with Gasteiger partial charge >= 0.3 is 0 Å². The van der Waals surface area contributed by atoms with Crippen LogP contribution < -0.4 is 24.4 Å². The second kappa shape index (κ2) is 6.82. The van der Waals surface area contributed by atoms with Crippen molar-refractivity contribution in [1.29, 1.82) is 5.26 Å². The molecule has 0 saturated carbocycles. The largest absolute Gasteiger partial charge is 0.454 e. The number of nitrogens with zero attached hydrogens (tertiary/aromatic N) is 2. The van der Waals surface area contributed by atoms with Crippen molar-refractivity contribution in [3.63, 3.8) is 0 Å². The lowest BCUT2D eigenvalue weighted by molar-refractivity contribution is -0.118. The monoisotopic (exact) mass is 377 g/mol. The second-order valence-corrected chi connectivity index (χ2v) is 6.80. The number of benzene rings is 2. The van der Waals surface area contributed by atoms with E-state index in [4.69, 9.17) is 14.2 Å². The van der Waals surface area contributed by atoms with Crippen LogP contribution in [0.4, 0.5) is 5.69 Å². The van der Waals surface area contributed by atoms with E-state index in [-0.39, 0.29) is 18.6 Å². The molecule has 1 N–H and O–H groups in total. The number of carbonyl (C=O) groups excluding carboxylic acids is 1. The van der Waals surface area contributed by atoms with E-state index < -0.39 is 5.92 Å². The van der Waals surface area contributed by atoms with Crippen LogP contribution in [-0.4, -0.2) is 26.8 Å². The molecule has 2 aromatic carbocycles. The summed E-state index contributed by atoms with van der Waals surface area (Å²) in [6.45, 7) is 1.56. The Morgan fingerprint density at radius 3 is 2.64 bits per heavy atom. The van der Waals surface area contributed by atoms with Gasteiger partial charge in [-0.15, -0.1) is 0 Å². The van der Waals surface area contributed by atoms with Gasteiger partial charge in [-0.3, -0.25) is 10.1 Å². The molecule has 2 aromatic rings. The average Bonchev–Trinajstić information content (AvgIpc) is 3.13. The van der Waals surface area contributed by atoms with Crippen molar-refractivity contribution in [2.45, 2.75) is 12.8 Å². The van der Waals surface area contributed by atoms with Crippen LogP contribution >= 0.6 is 0 Å². The van der Waals surface area contributed by atoms with Crippen molar-refractivity contribution in [3.8, 4) is 23.3 Å². The predicted molar refractivity (Wildman–Crippen MR) is 102 cm³/mol. The number of nitrogens with one attached hydrogen (secondary N) is 1. The first-order valence-electron chi connectivity index (χ1n) is 8.78. The topological polar surface area (TPSA) is 83.8 Å². The van der Waals surface area contributed by atoms with Crippen LogP contribution in [0.5, 0.6) is 17.2 Å². The lowest BCUT2D eigenvalue weighted by Crippen LogP contribution is -2.29. The number of fused-ring (bicyclic) bond motifs is 2. The van der Waals surface area contributed by atoms with E-state index in [1.807, 2.05) is 55.4 Å². The molecule has 2 heterocycles. The van der Waals surface area contributed by atoms with Gasteiger partial charge < -0.3 is 19.1 Å². The SMILES string of the molecule is CC(=O)NC1=C(C#N)C(c2ccc3c(c2)OCO3)c2ccc(N(C)C)cc2O1. The highest BCUT2D eigenvalue weighted by Gasteiger charge is 2.33. The summed E-state index contributed by atoms with van der Waals surface area (Å²) >= 11 is 0. The minimum Gasteiger partial charge on any atom is -0.454 e. The number of rotatable bonds is 3. The summed E-state index contributed by atoms with van der Waals surface area (Å²) in [6, 6.07) is 13.6. The van der Waals surface area contributed by atoms with Gasteiger partial charge in [0.05, 0.1) is 5.92 Å². The molecule has 0 spiro atoms. The van der Waals surface area contributed by atoms with Crippen molar-refractivity contribution < 1.29 is 19.0 Å². The maximum Gasteiger partial charge on any atom is 0.231 e. The number of hydrogen-bond acceptors (Lipinski definition) is 6. The molecule has 0 aromatic heterocycles. The molecule has 0 radical (unpaired) electrons. The summed E-state index contributed by atoms with van der Waals surface area (Å²) in [6.07, 6.45) is 0. The van der Waals surface area contributed by atoms with Crippen LogP contribution in [-0.2, 0) is 4.79 Å². The number of hydrogen-bond donors (Lipinski definition) is 1. The molecule has 0 aliphatic carbocycles. The summed E-state index contributed by atoms with van der Waals surface area (Å²) < 4.78 is 16.8. The zero-order valence-corrected chi connectivity index (χ0v) is 15.8. The average molecular weight is 377 g/mol. The lowest BCUT2D eigenvalue weighted by Gasteiger charge is -2.29. The number of allylic oxidation sites excluding steroid dienone is 1. The first-order valence-corrected chi connectivity index (χ1v) is 8.78. The Labute approximate surface area is 162 Å². The first kappa shape index (κ1) is 17.7.